The Morgan fingerprint density at radius 3 is 2.92 bits per heavy atom. The molecule has 1 aliphatic rings. The molecule has 2 aromatic rings. The molecule has 0 unspecified atom stereocenters. The van der Waals surface area contributed by atoms with Crippen molar-refractivity contribution < 1.29 is 9.59 Å². The standard InChI is InChI=1S/C17H15ClN4O2S2/c1-10(13-6-3-7-25-13)21-22-17-20-15(23)9-14(26-17)16(24)19-12-5-2-4-11(18)8-12/h2-8,14H,9H2,1H3,(H,19,24)(H,20,22,23)/t14-/m0/s1. The van der Waals surface area contributed by atoms with Crippen LogP contribution in [0.2, 0.25) is 5.02 Å². The molecule has 1 saturated heterocycles. The third-order valence-corrected chi connectivity index (χ3v) is 5.71. The number of benzene rings is 1. The summed E-state index contributed by atoms with van der Waals surface area (Å²) in [6.45, 7) is 1.84. The Morgan fingerprint density at radius 1 is 1.35 bits per heavy atom. The second-order valence-corrected chi connectivity index (χ2v) is 8.00. The van der Waals surface area contributed by atoms with Crippen LogP contribution in [0.3, 0.4) is 0 Å². The smallest absolute Gasteiger partial charge is 0.238 e. The molecule has 26 heavy (non-hydrogen) atoms. The van der Waals surface area contributed by atoms with E-state index in [1.54, 1.807) is 35.6 Å². The second kappa shape index (κ2) is 8.48. The van der Waals surface area contributed by atoms with Gasteiger partial charge in [-0.1, -0.05) is 35.5 Å². The largest absolute Gasteiger partial charge is 0.325 e. The Balaban J connectivity index is 1.69. The van der Waals surface area contributed by atoms with Crippen LogP contribution in [0.4, 0.5) is 5.69 Å². The van der Waals surface area contributed by atoms with Crippen molar-refractivity contribution in [3.63, 3.8) is 0 Å². The van der Waals surface area contributed by atoms with Crippen LogP contribution >= 0.6 is 34.7 Å². The van der Waals surface area contributed by atoms with E-state index < -0.39 is 5.25 Å². The molecule has 1 aliphatic heterocycles. The lowest BCUT2D eigenvalue weighted by atomic mass is 10.2. The highest BCUT2D eigenvalue weighted by Gasteiger charge is 2.30. The van der Waals surface area contributed by atoms with Gasteiger partial charge in [0, 0.05) is 17.1 Å². The Bertz CT molecular complexity index is 881. The summed E-state index contributed by atoms with van der Waals surface area (Å²) in [6.07, 6.45) is 0.0731. The summed E-state index contributed by atoms with van der Waals surface area (Å²) < 4.78 is 0. The number of amidine groups is 1. The lowest BCUT2D eigenvalue weighted by Crippen LogP contribution is -2.41. The number of hydrogen-bond donors (Lipinski definition) is 2. The van der Waals surface area contributed by atoms with E-state index in [2.05, 4.69) is 20.8 Å². The predicted molar refractivity (Wildman–Crippen MR) is 108 cm³/mol. The van der Waals surface area contributed by atoms with Gasteiger partial charge in [0.2, 0.25) is 11.8 Å². The van der Waals surface area contributed by atoms with Crippen LogP contribution in [-0.4, -0.2) is 27.9 Å². The molecular weight excluding hydrogens is 392 g/mol. The Hall–Kier alpha value is -2.16. The summed E-state index contributed by atoms with van der Waals surface area (Å²) in [5.74, 6) is -0.545. The first-order chi connectivity index (χ1) is 12.5. The number of halogens is 1. The van der Waals surface area contributed by atoms with Crippen LogP contribution in [0.15, 0.2) is 52.0 Å². The average molecular weight is 407 g/mol. The minimum absolute atomic E-state index is 0.0731. The zero-order valence-electron chi connectivity index (χ0n) is 13.7. The first kappa shape index (κ1) is 18.6. The number of carbonyl (C=O) groups is 2. The molecule has 1 aromatic heterocycles. The van der Waals surface area contributed by atoms with Crippen LogP contribution in [0, 0.1) is 0 Å². The molecule has 2 heterocycles. The minimum Gasteiger partial charge on any atom is -0.325 e. The van der Waals surface area contributed by atoms with Gasteiger partial charge in [-0.05, 0) is 36.6 Å². The number of rotatable bonds is 4. The lowest BCUT2D eigenvalue weighted by molar-refractivity contribution is -0.123. The fraction of sp³-hybridized carbons (Fsp3) is 0.176. The fourth-order valence-corrected chi connectivity index (χ4v) is 3.98. The van der Waals surface area contributed by atoms with Crippen molar-refractivity contribution in [3.05, 3.63) is 51.7 Å². The number of carbonyl (C=O) groups excluding carboxylic acids is 2. The quantitative estimate of drug-likeness (QED) is 0.599. The molecule has 0 spiro atoms. The van der Waals surface area contributed by atoms with Crippen molar-refractivity contribution in [3.8, 4) is 0 Å². The van der Waals surface area contributed by atoms with Crippen molar-refractivity contribution >= 4 is 63.1 Å². The molecule has 0 saturated carbocycles. The van der Waals surface area contributed by atoms with E-state index in [4.69, 9.17) is 11.6 Å². The maximum Gasteiger partial charge on any atom is 0.238 e. The van der Waals surface area contributed by atoms with Gasteiger partial charge < -0.3 is 10.6 Å². The molecule has 0 radical (unpaired) electrons. The number of hydrogen-bond acceptors (Lipinski definition) is 6. The Labute approximate surface area is 163 Å². The normalized spacial score (nSPS) is 19.3. The monoisotopic (exact) mass is 406 g/mol. The van der Waals surface area contributed by atoms with Gasteiger partial charge in [0.15, 0.2) is 5.17 Å². The van der Waals surface area contributed by atoms with E-state index in [-0.39, 0.29) is 18.2 Å². The molecule has 2 N–H and O–H groups in total. The van der Waals surface area contributed by atoms with E-state index in [1.165, 1.54) is 11.8 Å². The summed E-state index contributed by atoms with van der Waals surface area (Å²) >= 11 is 8.65. The third kappa shape index (κ3) is 4.94. The predicted octanol–water partition coefficient (Wildman–Crippen LogP) is 3.74. The summed E-state index contributed by atoms with van der Waals surface area (Å²) in [4.78, 5) is 25.4. The van der Waals surface area contributed by atoms with Gasteiger partial charge in [0.25, 0.3) is 0 Å². The van der Waals surface area contributed by atoms with Gasteiger partial charge in [-0.3, -0.25) is 9.59 Å². The molecule has 1 fully saturated rings. The SMILES string of the molecule is CC(=N/N=C1\NC(=O)C[C@@H](C(=O)Nc2cccc(Cl)c2)S1)c1cccs1. The summed E-state index contributed by atoms with van der Waals surface area (Å²) in [7, 11) is 0. The van der Waals surface area contributed by atoms with Crippen molar-refractivity contribution in [2.45, 2.75) is 18.6 Å². The molecule has 0 aliphatic carbocycles. The third-order valence-electron chi connectivity index (χ3n) is 3.42. The summed E-state index contributed by atoms with van der Waals surface area (Å²) in [5, 5.41) is 15.8. The maximum absolute atomic E-state index is 12.5. The summed E-state index contributed by atoms with van der Waals surface area (Å²) in [5.41, 5.74) is 1.33. The van der Waals surface area contributed by atoms with Crippen LogP contribution in [-0.2, 0) is 9.59 Å². The molecule has 0 bridgehead atoms. The van der Waals surface area contributed by atoms with Crippen LogP contribution in [0.25, 0.3) is 0 Å². The number of thiophene rings is 1. The average Bonchev–Trinajstić information content (AvgIpc) is 3.14. The number of anilines is 1. The maximum atomic E-state index is 12.5. The number of thioether (sulfide) groups is 1. The lowest BCUT2D eigenvalue weighted by Gasteiger charge is -2.21. The first-order valence-corrected chi connectivity index (χ1v) is 9.84. The fourth-order valence-electron chi connectivity index (χ4n) is 2.18. The van der Waals surface area contributed by atoms with Gasteiger partial charge in [-0.2, -0.15) is 5.10 Å². The molecule has 1 atom stereocenters. The van der Waals surface area contributed by atoms with Crippen molar-refractivity contribution in [2.75, 3.05) is 5.32 Å². The first-order valence-electron chi connectivity index (χ1n) is 7.70. The molecule has 9 heteroatoms. The Morgan fingerprint density at radius 2 is 2.19 bits per heavy atom. The van der Waals surface area contributed by atoms with Crippen molar-refractivity contribution in [2.24, 2.45) is 10.2 Å². The number of nitrogens with zero attached hydrogens (tertiary/aromatic N) is 2. The highest BCUT2D eigenvalue weighted by molar-refractivity contribution is 8.15. The molecule has 134 valence electrons. The highest BCUT2D eigenvalue weighted by atomic mass is 35.5. The van der Waals surface area contributed by atoms with E-state index >= 15 is 0 Å². The minimum atomic E-state index is -0.585. The van der Waals surface area contributed by atoms with Crippen molar-refractivity contribution in [1.29, 1.82) is 0 Å². The molecule has 2 amide bonds. The topological polar surface area (TPSA) is 82.9 Å². The number of nitrogens with one attached hydrogen (secondary N) is 2. The zero-order chi connectivity index (χ0) is 18.5. The molecular formula is C17H15ClN4O2S2. The van der Waals surface area contributed by atoms with Gasteiger partial charge >= 0.3 is 0 Å². The summed E-state index contributed by atoms with van der Waals surface area (Å²) in [6, 6.07) is 10.7. The van der Waals surface area contributed by atoms with E-state index in [0.29, 0.717) is 15.9 Å². The Kier molecular flexibility index (Phi) is 6.08. The van der Waals surface area contributed by atoms with Gasteiger partial charge in [0.05, 0.1) is 10.6 Å². The van der Waals surface area contributed by atoms with Crippen LogP contribution in [0.5, 0.6) is 0 Å². The highest BCUT2D eigenvalue weighted by Crippen LogP contribution is 2.23. The van der Waals surface area contributed by atoms with Crippen molar-refractivity contribution in [1.82, 2.24) is 5.32 Å². The number of amides is 2. The van der Waals surface area contributed by atoms with Crippen LogP contribution < -0.4 is 10.6 Å². The van der Waals surface area contributed by atoms with Gasteiger partial charge in [-0.25, -0.2) is 0 Å². The second-order valence-electron chi connectivity index (χ2n) is 5.43. The molecule has 3 rings (SSSR count). The molecule has 6 nitrogen and oxygen atoms in total. The van der Waals surface area contributed by atoms with Gasteiger partial charge in [-0.15, -0.1) is 16.4 Å². The molecule has 1 aromatic carbocycles. The van der Waals surface area contributed by atoms with E-state index in [0.717, 1.165) is 10.6 Å². The van der Waals surface area contributed by atoms with Crippen LogP contribution in [0.1, 0.15) is 18.2 Å². The zero-order valence-corrected chi connectivity index (χ0v) is 16.1. The van der Waals surface area contributed by atoms with E-state index in [9.17, 15) is 9.59 Å². The van der Waals surface area contributed by atoms with Gasteiger partial charge in [0.1, 0.15) is 5.25 Å². The van der Waals surface area contributed by atoms with E-state index in [1.807, 2.05) is 24.4 Å².